The second-order valence-corrected chi connectivity index (χ2v) is 4.91. The van der Waals surface area contributed by atoms with Crippen LogP contribution in [-0.4, -0.2) is 23.1 Å². The van der Waals surface area contributed by atoms with E-state index in [2.05, 4.69) is 0 Å². The van der Waals surface area contributed by atoms with Gasteiger partial charge in [0.2, 0.25) is 0 Å². The van der Waals surface area contributed by atoms with Crippen molar-refractivity contribution < 1.29 is 19.2 Å². The van der Waals surface area contributed by atoms with Gasteiger partial charge in [-0.1, -0.05) is 13.0 Å². The smallest absolute Gasteiger partial charge is 0.155 e. The van der Waals surface area contributed by atoms with Crippen molar-refractivity contribution >= 4 is 23.1 Å². The lowest BCUT2D eigenvalue weighted by Crippen LogP contribution is -2.05. The van der Waals surface area contributed by atoms with Crippen molar-refractivity contribution in [3.63, 3.8) is 0 Å². The third kappa shape index (κ3) is 11.5. The van der Waals surface area contributed by atoms with E-state index in [-0.39, 0.29) is 48.8 Å². The molecule has 0 unspecified atom stereocenters. The van der Waals surface area contributed by atoms with Gasteiger partial charge in [-0.05, 0) is 25.8 Å². The maximum absolute atomic E-state index is 11.5. The zero-order valence-electron chi connectivity index (χ0n) is 12.4. The molecule has 0 fully saturated rings. The summed E-state index contributed by atoms with van der Waals surface area (Å²) in [5, 5.41) is 0. The second kappa shape index (κ2) is 11.3. The van der Waals surface area contributed by atoms with E-state index in [1.54, 1.807) is 6.08 Å². The Morgan fingerprint density at radius 3 is 1.85 bits per heavy atom. The van der Waals surface area contributed by atoms with Gasteiger partial charge >= 0.3 is 0 Å². The maximum atomic E-state index is 11.5. The number of ketones is 4. The zero-order chi connectivity index (χ0) is 15.4. The minimum atomic E-state index is -0.0299. The molecule has 0 spiro atoms. The van der Waals surface area contributed by atoms with Crippen LogP contribution < -0.4 is 0 Å². The number of carbonyl (C=O) groups excluding carboxylic acids is 4. The van der Waals surface area contributed by atoms with Crippen LogP contribution in [0.2, 0.25) is 0 Å². The van der Waals surface area contributed by atoms with Gasteiger partial charge in [-0.25, -0.2) is 0 Å². The third-order valence-corrected chi connectivity index (χ3v) is 2.86. The molecule has 0 heterocycles. The summed E-state index contributed by atoms with van der Waals surface area (Å²) in [5.41, 5.74) is 0. The standard InChI is InChI=1S/C16H24O4/c1-3-4-6-14(18)11-12-16(20)8-5-7-15(19)10-9-13(2)17/h4,6H,3,5,7-12H2,1-2H3. The first-order chi connectivity index (χ1) is 9.45. The molecule has 0 N–H and O–H groups in total. The molecule has 0 aromatic rings. The molecule has 0 aliphatic heterocycles. The largest absolute Gasteiger partial charge is 0.300 e. The normalized spacial score (nSPS) is 10.7. The highest BCUT2D eigenvalue weighted by molar-refractivity contribution is 5.93. The number of Topliss-reactive ketones (excluding diaryl/α,β-unsaturated/α-hetero) is 3. The van der Waals surface area contributed by atoms with Crippen LogP contribution in [0.1, 0.15) is 65.2 Å². The van der Waals surface area contributed by atoms with E-state index in [0.29, 0.717) is 19.3 Å². The van der Waals surface area contributed by atoms with Crippen molar-refractivity contribution in [2.24, 2.45) is 0 Å². The van der Waals surface area contributed by atoms with E-state index in [0.717, 1.165) is 6.42 Å². The highest BCUT2D eigenvalue weighted by atomic mass is 16.1. The van der Waals surface area contributed by atoms with Crippen molar-refractivity contribution in [3.8, 4) is 0 Å². The van der Waals surface area contributed by atoms with E-state index >= 15 is 0 Å². The zero-order valence-corrected chi connectivity index (χ0v) is 12.4. The third-order valence-electron chi connectivity index (χ3n) is 2.86. The Balaban J connectivity index is 3.68. The molecular weight excluding hydrogens is 256 g/mol. The summed E-state index contributed by atoms with van der Waals surface area (Å²) < 4.78 is 0. The van der Waals surface area contributed by atoms with E-state index in [1.807, 2.05) is 6.92 Å². The fraction of sp³-hybridized carbons (Fsp3) is 0.625. The van der Waals surface area contributed by atoms with Crippen LogP contribution in [-0.2, 0) is 19.2 Å². The quantitative estimate of drug-likeness (QED) is 0.515. The van der Waals surface area contributed by atoms with Gasteiger partial charge in [0.1, 0.15) is 17.3 Å². The van der Waals surface area contributed by atoms with E-state index in [4.69, 9.17) is 0 Å². The number of allylic oxidation sites excluding steroid dienone is 2. The van der Waals surface area contributed by atoms with Crippen molar-refractivity contribution in [2.45, 2.75) is 65.2 Å². The highest BCUT2D eigenvalue weighted by Crippen LogP contribution is 2.06. The van der Waals surface area contributed by atoms with Crippen LogP contribution >= 0.6 is 0 Å². The number of rotatable bonds is 12. The Hall–Kier alpha value is -1.58. The van der Waals surface area contributed by atoms with E-state index in [9.17, 15) is 19.2 Å². The molecule has 0 radical (unpaired) electrons. The van der Waals surface area contributed by atoms with Crippen molar-refractivity contribution in [1.82, 2.24) is 0 Å². The Morgan fingerprint density at radius 1 is 0.800 bits per heavy atom. The lowest BCUT2D eigenvalue weighted by Gasteiger charge is -2.00. The lowest BCUT2D eigenvalue weighted by molar-refractivity contribution is -0.124. The predicted octanol–water partition coefficient (Wildman–Crippen LogP) is 2.98. The van der Waals surface area contributed by atoms with Crippen molar-refractivity contribution in [2.75, 3.05) is 0 Å². The molecule has 0 aromatic heterocycles. The van der Waals surface area contributed by atoms with Crippen LogP contribution in [0.5, 0.6) is 0 Å². The van der Waals surface area contributed by atoms with Gasteiger partial charge in [-0.2, -0.15) is 0 Å². The maximum Gasteiger partial charge on any atom is 0.155 e. The summed E-state index contributed by atoms with van der Waals surface area (Å²) in [5.74, 6) is 0.0170. The molecule has 0 saturated carbocycles. The minimum Gasteiger partial charge on any atom is -0.300 e. The fourth-order valence-electron chi connectivity index (χ4n) is 1.64. The van der Waals surface area contributed by atoms with Gasteiger partial charge in [-0.3, -0.25) is 14.4 Å². The number of hydrogen-bond acceptors (Lipinski definition) is 4. The first-order valence-electron chi connectivity index (χ1n) is 7.18. The first kappa shape index (κ1) is 18.4. The Bertz CT molecular complexity index is 380. The summed E-state index contributed by atoms with van der Waals surface area (Å²) in [6, 6.07) is 0. The lowest BCUT2D eigenvalue weighted by atomic mass is 10.0. The molecule has 4 nitrogen and oxygen atoms in total. The highest BCUT2D eigenvalue weighted by Gasteiger charge is 2.08. The Morgan fingerprint density at radius 2 is 1.35 bits per heavy atom. The topological polar surface area (TPSA) is 68.3 Å². The van der Waals surface area contributed by atoms with Crippen LogP contribution in [0.15, 0.2) is 12.2 Å². The second-order valence-electron chi connectivity index (χ2n) is 4.91. The average Bonchev–Trinajstić information content (AvgIpc) is 2.40. The minimum absolute atomic E-state index is 0.00747. The Labute approximate surface area is 120 Å². The van der Waals surface area contributed by atoms with Crippen molar-refractivity contribution in [3.05, 3.63) is 12.2 Å². The fourth-order valence-corrected chi connectivity index (χ4v) is 1.64. The first-order valence-corrected chi connectivity index (χ1v) is 7.18. The molecule has 0 amide bonds. The van der Waals surface area contributed by atoms with Gasteiger partial charge < -0.3 is 4.79 Å². The molecule has 0 saturated heterocycles. The molecule has 0 aliphatic rings. The van der Waals surface area contributed by atoms with Gasteiger partial charge in [0.15, 0.2) is 5.78 Å². The summed E-state index contributed by atoms with van der Waals surface area (Å²) in [6.07, 6.45) is 6.31. The molecule has 0 aromatic carbocycles. The summed E-state index contributed by atoms with van der Waals surface area (Å²) >= 11 is 0. The van der Waals surface area contributed by atoms with Crippen LogP contribution in [0.4, 0.5) is 0 Å². The summed E-state index contributed by atoms with van der Waals surface area (Å²) in [7, 11) is 0. The number of carbonyl (C=O) groups is 4. The van der Waals surface area contributed by atoms with E-state index < -0.39 is 0 Å². The molecule has 0 rings (SSSR count). The molecule has 0 bridgehead atoms. The number of hydrogen-bond donors (Lipinski definition) is 0. The average molecular weight is 280 g/mol. The van der Waals surface area contributed by atoms with Crippen molar-refractivity contribution in [1.29, 1.82) is 0 Å². The summed E-state index contributed by atoms with van der Waals surface area (Å²) in [6.45, 7) is 3.40. The van der Waals surface area contributed by atoms with Gasteiger partial charge in [-0.15, -0.1) is 0 Å². The predicted molar refractivity (Wildman–Crippen MR) is 77.5 cm³/mol. The van der Waals surface area contributed by atoms with Gasteiger partial charge in [0.25, 0.3) is 0 Å². The van der Waals surface area contributed by atoms with Crippen LogP contribution in [0.3, 0.4) is 0 Å². The molecule has 4 heteroatoms. The molecule has 0 aliphatic carbocycles. The SMILES string of the molecule is CCC=CC(=O)CCC(=O)CCCC(=O)CCC(C)=O. The summed E-state index contributed by atoms with van der Waals surface area (Å²) in [4.78, 5) is 44.9. The monoisotopic (exact) mass is 280 g/mol. The molecule has 112 valence electrons. The van der Waals surface area contributed by atoms with Crippen LogP contribution in [0.25, 0.3) is 0 Å². The molecular formula is C16H24O4. The van der Waals surface area contributed by atoms with E-state index in [1.165, 1.54) is 13.0 Å². The Kier molecular flexibility index (Phi) is 10.4. The van der Waals surface area contributed by atoms with Crippen LogP contribution in [0, 0.1) is 0 Å². The van der Waals surface area contributed by atoms with Gasteiger partial charge in [0, 0.05) is 38.5 Å². The molecule has 20 heavy (non-hydrogen) atoms. The van der Waals surface area contributed by atoms with Gasteiger partial charge in [0.05, 0.1) is 0 Å². The molecule has 0 atom stereocenters.